The van der Waals surface area contributed by atoms with E-state index in [2.05, 4.69) is 24.2 Å². The second kappa shape index (κ2) is 10.3. The molecule has 0 saturated carbocycles. The molecule has 0 unspecified atom stereocenters. The van der Waals surface area contributed by atoms with Crippen LogP contribution in [0.1, 0.15) is 25.0 Å². The highest BCUT2D eigenvalue weighted by Crippen LogP contribution is 2.15. The Hall–Kier alpha value is -2.84. The lowest BCUT2D eigenvalue weighted by molar-refractivity contribution is -0.735. The number of rotatable bonds is 10. The van der Waals surface area contributed by atoms with Gasteiger partial charge in [-0.15, -0.1) is 0 Å². The van der Waals surface area contributed by atoms with E-state index in [1.165, 1.54) is 12.4 Å². The average molecular weight is 374 g/mol. The number of aromatic nitrogens is 2. The van der Waals surface area contributed by atoms with Crippen LogP contribution in [0.15, 0.2) is 59.4 Å². The zero-order valence-electron chi connectivity index (χ0n) is 15.6. The number of pyridine rings is 2. The van der Waals surface area contributed by atoms with Crippen molar-refractivity contribution < 1.29 is 29.0 Å². The molecule has 0 fully saturated rings. The molecule has 0 saturated heterocycles. The number of hydrogen-bond acceptors (Lipinski definition) is 6. The average Bonchev–Trinajstić information content (AvgIpc) is 2.65. The van der Waals surface area contributed by atoms with Crippen LogP contribution in [0.3, 0.4) is 0 Å². The van der Waals surface area contributed by atoms with Crippen molar-refractivity contribution >= 4 is 12.4 Å². The quantitative estimate of drug-likeness (QED) is 0.286. The zero-order valence-corrected chi connectivity index (χ0v) is 15.6. The number of hydrogen-bond donors (Lipinski definition) is 2. The first kappa shape index (κ1) is 20.5. The van der Waals surface area contributed by atoms with Crippen LogP contribution in [0.25, 0.3) is 0 Å². The molecule has 0 radical (unpaired) electrons. The highest BCUT2D eigenvalue weighted by molar-refractivity contribution is 5.78. The minimum atomic E-state index is -0.131. The van der Waals surface area contributed by atoms with Gasteiger partial charge in [0.05, 0.1) is 25.6 Å². The predicted molar refractivity (Wildman–Crippen MR) is 97.7 cm³/mol. The fraction of sp³-hybridized carbons (Fsp3) is 0.368. The topological polar surface area (TPSA) is 91.4 Å². The summed E-state index contributed by atoms with van der Waals surface area (Å²) >= 11 is 0. The molecule has 8 nitrogen and oxygen atoms in total. The highest BCUT2D eigenvalue weighted by Gasteiger charge is 2.20. The molecule has 0 aliphatic rings. The zero-order chi connectivity index (χ0) is 19.5. The van der Waals surface area contributed by atoms with E-state index in [4.69, 9.17) is 19.9 Å². The molecule has 0 atom stereocenters. The van der Waals surface area contributed by atoms with Crippen LogP contribution in [-0.4, -0.2) is 36.1 Å². The third-order valence-electron chi connectivity index (χ3n) is 3.71. The van der Waals surface area contributed by atoms with E-state index in [-0.39, 0.29) is 5.41 Å². The fourth-order valence-electron chi connectivity index (χ4n) is 2.31. The monoisotopic (exact) mass is 374 g/mol. The molecule has 0 aromatic carbocycles. The van der Waals surface area contributed by atoms with Crippen LogP contribution < -0.4 is 9.13 Å². The van der Waals surface area contributed by atoms with E-state index in [0.717, 1.165) is 11.1 Å². The van der Waals surface area contributed by atoms with Gasteiger partial charge in [0.15, 0.2) is 24.8 Å². The third kappa shape index (κ3) is 7.51. The Morgan fingerprint density at radius 1 is 0.815 bits per heavy atom. The SMILES string of the molecule is CC(C)(COC[n+]1ccc(/C=N\O)cc1)COC[n+]1ccc(/C=N\O)cc1. The Labute approximate surface area is 158 Å². The molecule has 2 N–H and O–H groups in total. The van der Waals surface area contributed by atoms with Crippen molar-refractivity contribution in [3.05, 3.63) is 60.2 Å². The molecular formula is C19H26N4O4+2. The first-order valence-electron chi connectivity index (χ1n) is 8.51. The maximum absolute atomic E-state index is 8.51. The van der Waals surface area contributed by atoms with Gasteiger partial charge in [0.2, 0.25) is 0 Å². The van der Waals surface area contributed by atoms with Gasteiger partial charge in [-0.3, -0.25) is 0 Å². The lowest BCUT2D eigenvalue weighted by Gasteiger charge is -2.22. The lowest BCUT2D eigenvalue weighted by atomic mass is 9.96. The minimum absolute atomic E-state index is 0.131. The van der Waals surface area contributed by atoms with Crippen molar-refractivity contribution in [1.82, 2.24) is 0 Å². The Morgan fingerprint density at radius 3 is 1.52 bits per heavy atom. The summed E-state index contributed by atoms with van der Waals surface area (Å²) in [5.41, 5.74) is 1.50. The normalized spacial score (nSPS) is 12.2. The van der Waals surface area contributed by atoms with Gasteiger partial charge >= 0.3 is 0 Å². The van der Waals surface area contributed by atoms with Gasteiger partial charge in [-0.2, -0.15) is 9.13 Å². The molecule has 2 aromatic rings. The van der Waals surface area contributed by atoms with Crippen LogP contribution in [0.2, 0.25) is 0 Å². The number of nitrogens with zero attached hydrogens (tertiary/aromatic N) is 4. The van der Waals surface area contributed by atoms with Crippen LogP contribution >= 0.6 is 0 Å². The van der Waals surface area contributed by atoms with Gasteiger partial charge < -0.3 is 19.9 Å². The van der Waals surface area contributed by atoms with Gasteiger partial charge in [-0.25, -0.2) is 0 Å². The summed E-state index contributed by atoms with van der Waals surface area (Å²) in [6.07, 6.45) is 10.2. The number of oxime groups is 2. The molecule has 0 spiro atoms. The van der Waals surface area contributed by atoms with Crippen molar-refractivity contribution in [3.8, 4) is 0 Å². The van der Waals surface area contributed by atoms with Gasteiger partial charge in [-0.1, -0.05) is 24.2 Å². The molecule has 2 rings (SSSR count). The Morgan fingerprint density at radius 2 is 1.19 bits per heavy atom. The Bertz CT molecular complexity index is 680. The molecule has 27 heavy (non-hydrogen) atoms. The second-order valence-corrected chi connectivity index (χ2v) is 6.90. The summed E-state index contributed by atoms with van der Waals surface area (Å²) in [4.78, 5) is 0. The second-order valence-electron chi connectivity index (χ2n) is 6.90. The van der Waals surface area contributed by atoms with E-state index in [9.17, 15) is 0 Å². The van der Waals surface area contributed by atoms with Gasteiger partial charge in [0.1, 0.15) is 0 Å². The minimum Gasteiger partial charge on any atom is -0.411 e. The molecule has 0 bridgehead atoms. The van der Waals surface area contributed by atoms with E-state index >= 15 is 0 Å². The molecule has 0 aliphatic heterocycles. The summed E-state index contributed by atoms with van der Waals surface area (Å²) < 4.78 is 15.4. The molecule has 144 valence electrons. The molecule has 0 amide bonds. The van der Waals surface area contributed by atoms with Crippen LogP contribution in [0.5, 0.6) is 0 Å². The summed E-state index contributed by atoms with van der Waals surface area (Å²) in [6.45, 7) is 6.14. The summed E-state index contributed by atoms with van der Waals surface area (Å²) in [5.74, 6) is 0. The van der Waals surface area contributed by atoms with E-state index in [1.807, 2.05) is 58.2 Å². The largest absolute Gasteiger partial charge is 0.411 e. The third-order valence-corrected chi connectivity index (χ3v) is 3.71. The lowest BCUT2D eigenvalue weighted by Crippen LogP contribution is -2.38. The number of ether oxygens (including phenoxy) is 2. The summed E-state index contributed by atoms with van der Waals surface area (Å²) in [5, 5.41) is 23.0. The predicted octanol–water partition coefficient (Wildman–Crippen LogP) is 1.55. The Kier molecular flexibility index (Phi) is 7.84. The molecule has 2 heterocycles. The Balaban J connectivity index is 1.71. The van der Waals surface area contributed by atoms with Crippen LogP contribution in [0, 0.1) is 5.41 Å². The van der Waals surface area contributed by atoms with Crippen LogP contribution in [-0.2, 0) is 22.9 Å². The maximum atomic E-state index is 8.51. The van der Waals surface area contributed by atoms with Crippen molar-refractivity contribution in [2.45, 2.75) is 27.3 Å². The molecule has 8 heteroatoms. The highest BCUT2D eigenvalue weighted by atomic mass is 16.5. The summed E-state index contributed by atoms with van der Waals surface area (Å²) in [6, 6.07) is 7.36. The molecule has 0 aliphatic carbocycles. The first-order chi connectivity index (χ1) is 13.0. The van der Waals surface area contributed by atoms with E-state index in [1.54, 1.807) is 0 Å². The maximum Gasteiger partial charge on any atom is 0.252 e. The van der Waals surface area contributed by atoms with E-state index in [0.29, 0.717) is 26.7 Å². The smallest absolute Gasteiger partial charge is 0.252 e. The standard InChI is InChI=1S/C19H24N4O4/c1-19(2,13-26-15-22-7-3-17(4-8-22)11-20-24)14-27-16-23-9-5-18(6-10-23)12-21-25/h3-12H,13-16H2,1-2H3/p+2. The van der Waals surface area contributed by atoms with Crippen molar-refractivity contribution in [2.75, 3.05) is 13.2 Å². The van der Waals surface area contributed by atoms with Crippen LogP contribution in [0.4, 0.5) is 0 Å². The molecule has 2 aromatic heterocycles. The van der Waals surface area contributed by atoms with Crippen molar-refractivity contribution in [2.24, 2.45) is 15.7 Å². The molecular weight excluding hydrogens is 348 g/mol. The van der Waals surface area contributed by atoms with Gasteiger partial charge in [0, 0.05) is 40.8 Å². The van der Waals surface area contributed by atoms with Gasteiger partial charge in [0.25, 0.3) is 13.5 Å². The van der Waals surface area contributed by atoms with Crippen molar-refractivity contribution in [3.63, 3.8) is 0 Å². The summed E-state index contributed by atoms with van der Waals surface area (Å²) in [7, 11) is 0. The first-order valence-corrected chi connectivity index (χ1v) is 8.51. The van der Waals surface area contributed by atoms with E-state index < -0.39 is 0 Å². The fourth-order valence-corrected chi connectivity index (χ4v) is 2.31. The van der Waals surface area contributed by atoms with Crippen molar-refractivity contribution in [1.29, 1.82) is 0 Å². The van der Waals surface area contributed by atoms with Gasteiger partial charge in [-0.05, 0) is 0 Å².